The van der Waals surface area contributed by atoms with Crippen LogP contribution in [0.4, 0.5) is 17.1 Å². The highest BCUT2D eigenvalue weighted by Crippen LogP contribution is 2.31. The van der Waals surface area contributed by atoms with E-state index in [1.165, 1.54) is 25.5 Å². The molecule has 4 rings (SSSR count). The van der Waals surface area contributed by atoms with E-state index < -0.39 is 27.2 Å². The number of hydrogen-bond acceptors (Lipinski definition) is 9. The smallest absolute Gasteiger partial charge is 0.344 e. The zero-order valence-corrected chi connectivity index (χ0v) is 18.8. The van der Waals surface area contributed by atoms with Crippen molar-refractivity contribution in [3.8, 4) is 11.5 Å². The zero-order chi connectivity index (χ0) is 25.7. The summed E-state index contributed by atoms with van der Waals surface area (Å²) in [5.74, 6) is -0.0703. The Hall–Kier alpha value is -5.32. The molecule has 1 N–H and O–H groups in total. The fourth-order valence-electron chi connectivity index (χ4n) is 3.46. The zero-order valence-electron chi connectivity index (χ0n) is 18.8. The molecule has 0 heterocycles. The Bertz CT molecular complexity index is 1510. The lowest BCUT2D eigenvalue weighted by atomic mass is 10.0. The van der Waals surface area contributed by atoms with Gasteiger partial charge in [-0.25, -0.2) is 4.79 Å². The predicted molar refractivity (Wildman–Crippen MR) is 133 cm³/mol. The number of nitrogens with zero attached hydrogens (tertiary/aromatic N) is 3. The number of esters is 1. The molecule has 36 heavy (non-hydrogen) atoms. The lowest BCUT2D eigenvalue weighted by Gasteiger charge is -2.11. The summed E-state index contributed by atoms with van der Waals surface area (Å²) in [6.07, 6.45) is 1.37. The molecular weight excluding hydrogens is 468 g/mol. The molecule has 180 valence electrons. The van der Waals surface area contributed by atoms with Crippen LogP contribution in [-0.4, -0.2) is 29.1 Å². The van der Waals surface area contributed by atoms with Crippen LogP contribution in [0.3, 0.4) is 0 Å². The first kappa shape index (κ1) is 23.8. The number of hydrogen-bond donors (Lipinski definition) is 1. The van der Waals surface area contributed by atoms with Crippen LogP contribution in [0, 0.1) is 20.2 Å². The van der Waals surface area contributed by atoms with Crippen molar-refractivity contribution in [1.82, 2.24) is 0 Å². The summed E-state index contributed by atoms with van der Waals surface area (Å²) in [5.41, 5.74) is 2.54. The lowest BCUT2D eigenvalue weighted by Crippen LogP contribution is -2.10. The van der Waals surface area contributed by atoms with Gasteiger partial charge in [0.25, 0.3) is 5.69 Å². The van der Waals surface area contributed by atoms with Gasteiger partial charge >= 0.3 is 11.7 Å². The van der Waals surface area contributed by atoms with Gasteiger partial charge in [-0.1, -0.05) is 36.4 Å². The summed E-state index contributed by atoms with van der Waals surface area (Å²) < 4.78 is 10.9. The monoisotopic (exact) mass is 486 g/mol. The molecule has 0 aromatic heterocycles. The number of ether oxygens (including phenoxy) is 2. The molecular formula is C25H18N4O7. The Kier molecular flexibility index (Phi) is 6.82. The van der Waals surface area contributed by atoms with Crippen LogP contribution in [0.15, 0.2) is 84.0 Å². The molecule has 0 aliphatic heterocycles. The maximum atomic E-state index is 12.9. The Labute approximate surface area is 203 Å². The number of carbonyl (C=O) groups excluding carboxylic acids is 1. The topological polar surface area (TPSA) is 146 Å². The third-order valence-corrected chi connectivity index (χ3v) is 5.19. The summed E-state index contributed by atoms with van der Waals surface area (Å²) in [6, 6.07) is 20.7. The Morgan fingerprint density at radius 2 is 1.69 bits per heavy atom. The molecule has 0 aliphatic rings. The molecule has 0 atom stereocenters. The Morgan fingerprint density at radius 1 is 0.917 bits per heavy atom. The van der Waals surface area contributed by atoms with E-state index in [-0.39, 0.29) is 17.2 Å². The lowest BCUT2D eigenvalue weighted by molar-refractivity contribution is -0.393. The molecule has 0 bridgehead atoms. The van der Waals surface area contributed by atoms with E-state index in [0.717, 1.165) is 22.9 Å². The van der Waals surface area contributed by atoms with E-state index in [0.29, 0.717) is 11.1 Å². The second-order valence-corrected chi connectivity index (χ2v) is 7.41. The number of nitro benzene ring substituents is 2. The van der Waals surface area contributed by atoms with Gasteiger partial charge in [-0.15, -0.1) is 0 Å². The van der Waals surface area contributed by atoms with Crippen molar-refractivity contribution < 1.29 is 24.1 Å². The van der Waals surface area contributed by atoms with Gasteiger partial charge in [-0.05, 0) is 46.7 Å². The molecule has 11 heteroatoms. The molecule has 0 saturated heterocycles. The average Bonchev–Trinajstić information content (AvgIpc) is 2.88. The van der Waals surface area contributed by atoms with E-state index in [9.17, 15) is 25.0 Å². The largest absolute Gasteiger partial charge is 0.493 e. The van der Waals surface area contributed by atoms with Crippen LogP contribution in [0.5, 0.6) is 11.5 Å². The third-order valence-electron chi connectivity index (χ3n) is 5.19. The predicted octanol–water partition coefficient (Wildman–Crippen LogP) is 5.33. The quantitative estimate of drug-likeness (QED) is 0.116. The Balaban J connectivity index is 1.52. The van der Waals surface area contributed by atoms with Crippen molar-refractivity contribution in [3.05, 3.63) is 110 Å². The first-order valence-electron chi connectivity index (χ1n) is 10.5. The van der Waals surface area contributed by atoms with Gasteiger partial charge in [0, 0.05) is 6.07 Å². The summed E-state index contributed by atoms with van der Waals surface area (Å²) in [5, 5.41) is 27.8. The maximum absolute atomic E-state index is 12.9. The van der Waals surface area contributed by atoms with Crippen LogP contribution >= 0.6 is 0 Å². The van der Waals surface area contributed by atoms with Crippen molar-refractivity contribution in [1.29, 1.82) is 0 Å². The minimum Gasteiger partial charge on any atom is -0.493 e. The highest BCUT2D eigenvalue weighted by molar-refractivity contribution is 6.05. The van der Waals surface area contributed by atoms with E-state index in [2.05, 4.69) is 10.5 Å². The number of hydrazone groups is 1. The standard InChI is InChI=1S/C25H18N4O7/c1-35-24-13-16(15-26-27-21-11-10-18(28(31)32)14-22(21)29(33)34)9-12-23(24)36-25(30)20-8-4-6-17-5-2-3-7-19(17)20/h2-15,27H,1H3/b26-15-. The van der Waals surface area contributed by atoms with Crippen LogP contribution < -0.4 is 14.9 Å². The minimum absolute atomic E-state index is 0.0190. The maximum Gasteiger partial charge on any atom is 0.344 e. The first-order valence-corrected chi connectivity index (χ1v) is 10.5. The van der Waals surface area contributed by atoms with Gasteiger partial charge in [0.15, 0.2) is 11.5 Å². The number of nitro groups is 2. The number of benzene rings is 4. The molecule has 0 fully saturated rings. The molecule has 0 spiro atoms. The van der Waals surface area contributed by atoms with E-state index in [4.69, 9.17) is 9.47 Å². The second kappa shape index (κ2) is 10.3. The molecule has 0 saturated carbocycles. The van der Waals surface area contributed by atoms with Gasteiger partial charge < -0.3 is 9.47 Å². The SMILES string of the molecule is COc1cc(/C=N\Nc2ccc([N+](=O)[O-])cc2[N+](=O)[O-])ccc1OC(=O)c1cccc2ccccc12. The fraction of sp³-hybridized carbons (Fsp3) is 0.0400. The van der Waals surface area contributed by atoms with Crippen LogP contribution in [-0.2, 0) is 0 Å². The highest BCUT2D eigenvalue weighted by atomic mass is 16.6. The summed E-state index contributed by atoms with van der Waals surface area (Å²) in [7, 11) is 1.42. The van der Waals surface area contributed by atoms with Gasteiger partial charge in [0.2, 0.25) is 0 Å². The van der Waals surface area contributed by atoms with Crippen molar-refractivity contribution in [2.24, 2.45) is 5.10 Å². The number of non-ortho nitro benzene ring substituents is 1. The van der Waals surface area contributed by atoms with E-state index in [1.807, 2.05) is 30.3 Å². The molecule has 0 unspecified atom stereocenters. The number of fused-ring (bicyclic) bond motifs is 1. The van der Waals surface area contributed by atoms with Crippen molar-refractivity contribution in [2.45, 2.75) is 0 Å². The normalized spacial score (nSPS) is 10.8. The van der Waals surface area contributed by atoms with Gasteiger partial charge in [0.1, 0.15) is 5.69 Å². The highest BCUT2D eigenvalue weighted by Gasteiger charge is 2.19. The number of methoxy groups -OCH3 is 1. The molecule has 11 nitrogen and oxygen atoms in total. The number of carbonyl (C=O) groups is 1. The molecule has 0 aliphatic carbocycles. The van der Waals surface area contributed by atoms with Crippen molar-refractivity contribution >= 4 is 40.0 Å². The van der Waals surface area contributed by atoms with Gasteiger partial charge in [-0.2, -0.15) is 5.10 Å². The second-order valence-electron chi connectivity index (χ2n) is 7.41. The summed E-state index contributed by atoms with van der Waals surface area (Å²) >= 11 is 0. The summed E-state index contributed by atoms with van der Waals surface area (Å²) in [6.45, 7) is 0. The fourth-order valence-corrected chi connectivity index (χ4v) is 3.46. The van der Waals surface area contributed by atoms with E-state index in [1.54, 1.807) is 24.3 Å². The number of nitrogens with one attached hydrogen (secondary N) is 1. The van der Waals surface area contributed by atoms with E-state index >= 15 is 0 Å². The third kappa shape index (κ3) is 5.09. The van der Waals surface area contributed by atoms with Gasteiger partial charge in [0.05, 0.1) is 34.8 Å². The molecule has 4 aromatic carbocycles. The minimum atomic E-state index is -0.743. The molecule has 0 radical (unpaired) electrons. The van der Waals surface area contributed by atoms with Crippen LogP contribution in [0.2, 0.25) is 0 Å². The van der Waals surface area contributed by atoms with Crippen molar-refractivity contribution in [3.63, 3.8) is 0 Å². The van der Waals surface area contributed by atoms with Crippen molar-refractivity contribution in [2.75, 3.05) is 12.5 Å². The van der Waals surface area contributed by atoms with Gasteiger partial charge in [-0.3, -0.25) is 25.7 Å². The summed E-state index contributed by atoms with van der Waals surface area (Å²) in [4.78, 5) is 33.5. The first-order chi connectivity index (χ1) is 17.4. The molecule has 0 amide bonds. The van der Waals surface area contributed by atoms with Crippen LogP contribution in [0.25, 0.3) is 10.8 Å². The Morgan fingerprint density at radius 3 is 2.44 bits per heavy atom. The average molecular weight is 486 g/mol. The number of rotatable bonds is 8. The van der Waals surface area contributed by atoms with Crippen LogP contribution in [0.1, 0.15) is 15.9 Å². The molecule has 4 aromatic rings. The number of anilines is 1.